The number of sulfonamides is 1. The van der Waals surface area contributed by atoms with Crippen LogP contribution in [0, 0.1) is 0 Å². The number of benzene rings is 2. The molecule has 0 saturated carbocycles. The molecule has 1 saturated heterocycles. The van der Waals surface area contributed by atoms with E-state index >= 15 is 0 Å². The number of para-hydroxylation sites is 1. The minimum atomic E-state index is -4.01. The molecule has 1 aliphatic rings. The smallest absolute Gasteiger partial charge is 0.340 e. The first-order valence-electron chi connectivity index (χ1n) is 10.3. The van der Waals surface area contributed by atoms with E-state index in [4.69, 9.17) is 4.74 Å². The van der Waals surface area contributed by atoms with Gasteiger partial charge in [0.2, 0.25) is 0 Å². The number of carbonyl (C=O) groups is 2. The van der Waals surface area contributed by atoms with Gasteiger partial charge in [-0.15, -0.1) is 0 Å². The van der Waals surface area contributed by atoms with E-state index in [2.05, 4.69) is 0 Å². The predicted octanol–water partition coefficient (Wildman–Crippen LogP) is 3.46. The van der Waals surface area contributed by atoms with Gasteiger partial charge in [0.1, 0.15) is 4.90 Å². The number of nitrogens with zero attached hydrogens (tertiary/aromatic N) is 2. The summed E-state index contributed by atoms with van der Waals surface area (Å²) in [5, 5.41) is 0. The van der Waals surface area contributed by atoms with Crippen LogP contribution in [0.25, 0.3) is 0 Å². The van der Waals surface area contributed by atoms with Crippen molar-refractivity contribution >= 4 is 27.6 Å². The Labute approximate surface area is 183 Å². The van der Waals surface area contributed by atoms with Crippen LogP contribution in [0.15, 0.2) is 59.5 Å². The molecule has 8 heteroatoms. The van der Waals surface area contributed by atoms with Crippen molar-refractivity contribution in [1.82, 2.24) is 4.90 Å². The van der Waals surface area contributed by atoms with Crippen LogP contribution in [0.2, 0.25) is 0 Å². The topological polar surface area (TPSA) is 84.0 Å². The second-order valence-electron chi connectivity index (χ2n) is 7.81. The second-order valence-corrected chi connectivity index (χ2v) is 9.75. The van der Waals surface area contributed by atoms with Gasteiger partial charge < -0.3 is 9.64 Å². The van der Waals surface area contributed by atoms with E-state index in [0.29, 0.717) is 5.69 Å². The largest absolute Gasteiger partial charge is 0.452 e. The average molecular weight is 445 g/mol. The van der Waals surface area contributed by atoms with Crippen LogP contribution in [0.3, 0.4) is 0 Å². The van der Waals surface area contributed by atoms with E-state index < -0.39 is 22.6 Å². The van der Waals surface area contributed by atoms with Crippen LogP contribution in [0.4, 0.5) is 5.69 Å². The highest BCUT2D eigenvalue weighted by Crippen LogP contribution is 2.25. The zero-order valence-corrected chi connectivity index (χ0v) is 18.8. The van der Waals surface area contributed by atoms with Gasteiger partial charge in [-0.2, -0.15) is 0 Å². The summed E-state index contributed by atoms with van der Waals surface area (Å²) in [6.45, 7) is 3.55. The molecule has 2 atom stereocenters. The Balaban J connectivity index is 1.78. The Morgan fingerprint density at radius 1 is 1.00 bits per heavy atom. The summed E-state index contributed by atoms with van der Waals surface area (Å²) in [6.07, 6.45) is 2.89. The zero-order valence-electron chi connectivity index (χ0n) is 18.0. The highest BCUT2D eigenvalue weighted by atomic mass is 32.2. The minimum Gasteiger partial charge on any atom is -0.452 e. The first kappa shape index (κ1) is 22.8. The van der Waals surface area contributed by atoms with Gasteiger partial charge in [-0.05, 0) is 57.4 Å². The normalized spacial score (nSPS) is 19.0. The van der Waals surface area contributed by atoms with Crippen LogP contribution in [0.1, 0.15) is 43.5 Å². The summed E-state index contributed by atoms with van der Waals surface area (Å²) in [4.78, 5) is 27.0. The summed E-state index contributed by atoms with van der Waals surface area (Å²) in [5.41, 5.74) is 0.367. The number of rotatable bonds is 6. The molecular formula is C23H28N2O5S. The fourth-order valence-corrected chi connectivity index (χ4v) is 5.35. The molecule has 3 rings (SSSR count). The van der Waals surface area contributed by atoms with Crippen LogP contribution in [-0.2, 0) is 19.6 Å². The Morgan fingerprint density at radius 3 is 2.23 bits per heavy atom. The molecule has 0 radical (unpaired) electrons. The van der Waals surface area contributed by atoms with Crippen molar-refractivity contribution in [3.05, 3.63) is 60.2 Å². The highest BCUT2D eigenvalue weighted by molar-refractivity contribution is 7.92. The maximum Gasteiger partial charge on any atom is 0.340 e. The standard InChI is InChI=1S/C23H28N2O5S/c1-17-10-9-11-18(2)25(17)22(26)16-30-23(27)20-14-7-8-15-21(20)31(28,29)24(3)19-12-5-4-6-13-19/h4-8,12-15,17-18H,9-11,16H2,1-3H3. The molecule has 166 valence electrons. The average Bonchev–Trinajstić information content (AvgIpc) is 2.77. The lowest BCUT2D eigenvalue weighted by Crippen LogP contribution is -2.49. The number of hydrogen-bond donors (Lipinski definition) is 0. The summed E-state index contributed by atoms with van der Waals surface area (Å²) in [7, 11) is -2.58. The van der Waals surface area contributed by atoms with Crippen molar-refractivity contribution in [3.63, 3.8) is 0 Å². The maximum absolute atomic E-state index is 13.2. The van der Waals surface area contributed by atoms with E-state index in [1.165, 1.54) is 19.2 Å². The summed E-state index contributed by atoms with van der Waals surface area (Å²) in [6, 6.07) is 14.6. The first-order chi connectivity index (χ1) is 14.7. The molecule has 0 N–H and O–H groups in total. The van der Waals surface area contributed by atoms with Gasteiger partial charge in [0.25, 0.3) is 15.9 Å². The van der Waals surface area contributed by atoms with Gasteiger partial charge in [-0.1, -0.05) is 30.3 Å². The molecular weight excluding hydrogens is 416 g/mol. The third-order valence-electron chi connectivity index (χ3n) is 5.67. The number of amides is 1. The Bertz CT molecular complexity index is 1030. The number of carbonyl (C=O) groups excluding carboxylic acids is 2. The Kier molecular flexibility index (Phi) is 7.00. The molecule has 1 amide bonds. The van der Waals surface area contributed by atoms with Gasteiger partial charge in [0, 0.05) is 19.1 Å². The summed E-state index contributed by atoms with van der Waals surface area (Å²) < 4.78 is 32.7. The van der Waals surface area contributed by atoms with E-state index in [9.17, 15) is 18.0 Å². The van der Waals surface area contributed by atoms with Crippen molar-refractivity contribution in [2.24, 2.45) is 0 Å². The van der Waals surface area contributed by atoms with Gasteiger partial charge in [-0.3, -0.25) is 9.10 Å². The van der Waals surface area contributed by atoms with Gasteiger partial charge in [-0.25, -0.2) is 13.2 Å². The van der Waals surface area contributed by atoms with E-state index in [1.54, 1.807) is 47.4 Å². The zero-order chi connectivity index (χ0) is 22.6. The number of likely N-dealkylation sites (tertiary alicyclic amines) is 1. The van der Waals surface area contributed by atoms with Gasteiger partial charge >= 0.3 is 5.97 Å². The molecule has 2 aromatic carbocycles. The molecule has 31 heavy (non-hydrogen) atoms. The number of anilines is 1. The van der Waals surface area contributed by atoms with Crippen molar-refractivity contribution in [1.29, 1.82) is 0 Å². The highest BCUT2D eigenvalue weighted by Gasteiger charge is 2.31. The lowest BCUT2D eigenvalue weighted by molar-refractivity contribution is -0.140. The van der Waals surface area contributed by atoms with Gasteiger partial charge in [0.15, 0.2) is 6.61 Å². The quantitative estimate of drug-likeness (QED) is 0.637. The molecule has 1 aliphatic heterocycles. The van der Waals surface area contributed by atoms with E-state index in [1.807, 2.05) is 13.8 Å². The van der Waals surface area contributed by atoms with Crippen molar-refractivity contribution in [2.75, 3.05) is 18.0 Å². The first-order valence-corrected chi connectivity index (χ1v) is 11.8. The van der Waals surface area contributed by atoms with Crippen molar-refractivity contribution in [3.8, 4) is 0 Å². The second kappa shape index (κ2) is 9.51. The van der Waals surface area contributed by atoms with Crippen LogP contribution < -0.4 is 4.31 Å². The fraction of sp³-hybridized carbons (Fsp3) is 0.391. The minimum absolute atomic E-state index is 0.0853. The number of ether oxygens (including phenoxy) is 1. The monoisotopic (exact) mass is 444 g/mol. The third kappa shape index (κ3) is 4.90. The fourth-order valence-electron chi connectivity index (χ4n) is 3.98. The molecule has 1 fully saturated rings. The molecule has 0 aliphatic carbocycles. The van der Waals surface area contributed by atoms with Crippen molar-refractivity contribution < 1.29 is 22.7 Å². The number of piperidine rings is 1. The van der Waals surface area contributed by atoms with Crippen LogP contribution >= 0.6 is 0 Å². The molecule has 0 aromatic heterocycles. The number of hydrogen-bond acceptors (Lipinski definition) is 5. The lowest BCUT2D eigenvalue weighted by Gasteiger charge is -2.38. The van der Waals surface area contributed by atoms with Crippen LogP contribution in [-0.4, -0.2) is 50.9 Å². The lowest BCUT2D eigenvalue weighted by atomic mass is 9.97. The third-order valence-corrected chi connectivity index (χ3v) is 7.52. The molecule has 0 bridgehead atoms. The van der Waals surface area contributed by atoms with Crippen molar-refractivity contribution in [2.45, 2.75) is 50.1 Å². The molecule has 2 unspecified atom stereocenters. The van der Waals surface area contributed by atoms with E-state index in [-0.39, 0.29) is 28.4 Å². The summed E-state index contributed by atoms with van der Waals surface area (Å²) in [5.74, 6) is -1.11. The SMILES string of the molecule is CC1CCCC(C)N1C(=O)COC(=O)c1ccccc1S(=O)(=O)N(C)c1ccccc1. The number of esters is 1. The predicted molar refractivity (Wildman–Crippen MR) is 118 cm³/mol. The maximum atomic E-state index is 13.2. The molecule has 2 aromatic rings. The molecule has 0 spiro atoms. The Hall–Kier alpha value is -2.87. The molecule has 7 nitrogen and oxygen atoms in total. The summed E-state index contributed by atoms with van der Waals surface area (Å²) >= 11 is 0. The molecule has 1 heterocycles. The Morgan fingerprint density at radius 2 is 1.58 bits per heavy atom. The van der Waals surface area contributed by atoms with Crippen LogP contribution in [0.5, 0.6) is 0 Å². The van der Waals surface area contributed by atoms with E-state index in [0.717, 1.165) is 23.6 Å². The van der Waals surface area contributed by atoms with Gasteiger partial charge in [0.05, 0.1) is 11.3 Å².